The van der Waals surface area contributed by atoms with Gasteiger partial charge in [0.2, 0.25) is 0 Å². The molecular formula is C24H22ClF3O3. The van der Waals surface area contributed by atoms with Crippen LogP contribution in [0.5, 0.6) is 11.5 Å². The van der Waals surface area contributed by atoms with Gasteiger partial charge in [-0.1, -0.05) is 54.6 Å². The Balaban J connectivity index is 1.91. The van der Waals surface area contributed by atoms with Gasteiger partial charge < -0.3 is 14.2 Å². The van der Waals surface area contributed by atoms with Gasteiger partial charge in [0, 0.05) is 12.7 Å². The van der Waals surface area contributed by atoms with Crippen LogP contribution in [0.25, 0.3) is 11.1 Å². The Morgan fingerprint density at radius 3 is 2.23 bits per heavy atom. The van der Waals surface area contributed by atoms with Crippen molar-refractivity contribution in [3.63, 3.8) is 0 Å². The third-order valence-corrected chi connectivity index (χ3v) is 4.89. The molecule has 0 aliphatic heterocycles. The summed E-state index contributed by atoms with van der Waals surface area (Å²) in [5.41, 5.74) is 3.29. The van der Waals surface area contributed by atoms with E-state index in [0.29, 0.717) is 23.7 Å². The summed E-state index contributed by atoms with van der Waals surface area (Å²) in [7, 11) is 1.62. The first-order valence-electron chi connectivity index (χ1n) is 9.60. The van der Waals surface area contributed by atoms with Crippen molar-refractivity contribution in [3.05, 3.63) is 83.9 Å². The van der Waals surface area contributed by atoms with Crippen LogP contribution in [0.1, 0.15) is 11.1 Å². The number of halogens is 4. The van der Waals surface area contributed by atoms with Crippen LogP contribution in [0.2, 0.25) is 0 Å². The second-order valence-corrected chi connectivity index (χ2v) is 7.39. The molecule has 3 aromatic carbocycles. The number of hydrogen-bond acceptors (Lipinski definition) is 3. The second kappa shape index (κ2) is 10.7. The summed E-state index contributed by atoms with van der Waals surface area (Å²) in [6.07, 6.45) is -4.51. The first-order chi connectivity index (χ1) is 14.9. The molecule has 0 aliphatic carbocycles. The van der Waals surface area contributed by atoms with Crippen LogP contribution in [0.15, 0.2) is 72.8 Å². The molecule has 3 nitrogen and oxygen atoms in total. The first kappa shape index (κ1) is 23.1. The monoisotopic (exact) mass is 450 g/mol. The molecule has 0 saturated heterocycles. The number of alkyl halides is 4. The molecular weight excluding hydrogens is 429 g/mol. The maximum absolute atomic E-state index is 12.7. The van der Waals surface area contributed by atoms with Gasteiger partial charge in [0.25, 0.3) is 0 Å². The quantitative estimate of drug-likeness (QED) is 0.329. The molecule has 164 valence electrons. The summed E-state index contributed by atoms with van der Waals surface area (Å²) in [6, 6.07) is 22.4. The van der Waals surface area contributed by atoms with Crippen LogP contribution in [0.3, 0.4) is 0 Å². The summed E-state index contributed by atoms with van der Waals surface area (Å²) >= 11 is 5.38. The second-order valence-electron chi connectivity index (χ2n) is 6.86. The summed E-state index contributed by atoms with van der Waals surface area (Å²) < 4.78 is 54.6. The van der Waals surface area contributed by atoms with E-state index in [0.717, 1.165) is 16.7 Å². The van der Waals surface area contributed by atoms with Crippen molar-refractivity contribution >= 4 is 11.6 Å². The van der Waals surface area contributed by atoms with E-state index in [1.54, 1.807) is 19.2 Å². The molecule has 0 amide bonds. The standard InChI is InChI=1S/C24H22ClF3O3/c1-29-14-17-10-12-18(13-11-17)23-19(15-30-16-22(25)24(26,27)28)6-5-9-21(23)31-20-7-3-2-4-8-20/h2-13,22H,14-16H2,1H3. The zero-order valence-electron chi connectivity index (χ0n) is 16.9. The van der Waals surface area contributed by atoms with E-state index in [1.165, 1.54) is 0 Å². The molecule has 0 aromatic heterocycles. The zero-order chi connectivity index (χ0) is 22.3. The summed E-state index contributed by atoms with van der Waals surface area (Å²) in [6.45, 7) is -0.200. The highest BCUT2D eigenvalue weighted by Crippen LogP contribution is 2.37. The lowest BCUT2D eigenvalue weighted by atomic mass is 9.98. The van der Waals surface area contributed by atoms with Crippen LogP contribution in [0, 0.1) is 0 Å². The largest absolute Gasteiger partial charge is 0.457 e. The fourth-order valence-electron chi connectivity index (χ4n) is 3.03. The van der Waals surface area contributed by atoms with Crippen molar-refractivity contribution in [3.8, 4) is 22.6 Å². The average molecular weight is 451 g/mol. The van der Waals surface area contributed by atoms with Crippen LogP contribution in [-0.4, -0.2) is 25.3 Å². The third-order valence-electron chi connectivity index (χ3n) is 4.51. The number of benzene rings is 3. The highest BCUT2D eigenvalue weighted by molar-refractivity contribution is 6.21. The van der Waals surface area contributed by atoms with Gasteiger partial charge in [-0.05, 0) is 34.9 Å². The Labute approximate surface area is 184 Å². The molecule has 1 unspecified atom stereocenters. The van der Waals surface area contributed by atoms with E-state index in [1.807, 2.05) is 60.7 Å². The molecule has 0 aliphatic rings. The number of hydrogen-bond donors (Lipinski definition) is 0. The number of ether oxygens (including phenoxy) is 3. The maximum atomic E-state index is 12.7. The third kappa shape index (κ3) is 6.47. The van der Waals surface area contributed by atoms with E-state index in [9.17, 15) is 13.2 Å². The first-order valence-corrected chi connectivity index (χ1v) is 10.0. The van der Waals surface area contributed by atoms with Gasteiger partial charge in [-0.2, -0.15) is 13.2 Å². The Kier molecular flexibility index (Phi) is 7.96. The summed E-state index contributed by atoms with van der Waals surface area (Å²) in [5, 5.41) is -2.06. The maximum Gasteiger partial charge on any atom is 0.407 e. The molecule has 0 bridgehead atoms. The van der Waals surface area contributed by atoms with Crippen molar-refractivity contribution in [1.29, 1.82) is 0 Å². The SMILES string of the molecule is COCc1ccc(-c2c(COCC(Cl)C(F)(F)F)cccc2Oc2ccccc2)cc1. The van der Waals surface area contributed by atoms with Crippen LogP contribution < -0.4 is 4.74 Å². The molecule has 0 heterocycles. The number of para-hydroxylation sites is 1. The van der Waals surface area contributed by atoms with Gasteiger partial charge in [0.05, 0.1) is 19.8 Å². The Hall–Kier alpha value is -2.54. The Morgan fingerprint density at radius 2 is 1.58 bits per heavy atom. The van der Waals surface area contributed by atoms with Crippen molar-refractivity contribution in [2.75, 3.05) is 13.7 Å². The van der Waals surface area contributed by atoms with Gasteiger partial charge in [-0.25, -0.2) is 0 Å². The molecule has 0 radical (unpaired) electrons. The minimum Gasteiger partial charge on any atom is -0.457 e. The van der Waals surface area contributed by atoms with Gasteiger partial charge in [0.15, 0.2) is 5.38 Å². The lowest BCUT2D eigenvalue weighted by molar-refractivity contribution is -0.141. The molecule has 0 spiro atoms. The van der Waals surface area contributed by atoms with Crippen LogP contribution >= 0.6 is 11.6 Å². The molecule has 0 fully saturated rings. The van der Waals surface area contributed by atoms with Crippen LogP contribution in [-0.2, 0) is 22.7 Å². The molecule has 0 N–H and O–H groups in total. The van der Waals surface area contributed by atoms with E-state index in [-0.39, 0.29) is 6.61 Å². The minimum absolute atomic E-state index is 0.0412. The van der Waals surface area contributed by atoms with Gasteiger partial charge in [0.1, 0.15) is 11.5 Å². The van der Waals surface area contributed by atoms with Crippen LogP contribution in [0.4, 0.5) is 13.2 Å². The lowest BCUT2D eigenvalue weighted by Crippen LogP contribution is -2.28. The number of methoxy groups -OCH3 is 1. The van der Waals surface area contributed by atoms with Gasteiger partial charge in [-0.3, -0.25) is 0 Å². The molecule has 1 atom stereocenters. The Bertz CT molecular complexity index is 960. The van der Waals surface area contributed by atoms with E-state index in [2.05, 4.69) is 0 Å². The molecule has 3 aromatic rings. The minimum atomic E-state index is -4.51. The van der Waals surface area contributed by atoms with Crippen molar-refractivity contribution in [2.24, 2.45) is 0 Å². The van der Waals surface area contributed by atoms with Crippen molar-refractivity contribution in [1.82, 2.24) is 0 Å². The molecule has 7 heteroatoms. The number of rotatable bonds is 9. The summed E-state index contributed by atoms with van der Waals surface area (Å²) in [4.78, 5) is 0. The predicted molar refractivity (Wildman–Crippen MR) is 114 cm³/mol. The molecule has 31 heavy (non-hydrogen) atoms. The van der Waals surface area contributed by atoms with E-state index >= 15 is 0 Å². The predicted octanol–water partition coefficient (Wildman–Crippen LogP) is 6.98. The van der Waals surface area contributed by atoms with E-state index < -0.39 is 18.2 Å². The highest BCUT2D eigenvalue weighted by atomic mass is 35.5. The Morgan fingerprint density at radius 1 is 0.871 bits per heavy atom. The zero-order valence-corrected chi connectivity index (χ0v) is 17.6. The topological polar surface area (TPSA) is 27.7 Å². The van der Waals surface area contributed by atoms with Gasteiger partial charge >= 0.3 is 6.18 Å². The summed E-state index contributed by atoms with van der Waals surface area (Å²) in [5.74, 6) is 1.22. The normalized spacial score (nSPS) is 12.5. The molecule has 3 rings (SSSR count). The fourth-order valence-corrected chi connectivity index (χ4v) is 3.12. The lowest BCUT2D eigenvalue weighted by Gasteiger charge is -2.18. The van der Waals surface area contributed by atoms with Crippen molar-refractivity contribution < 1.29 is 27.4 Å². The van der Waals surface area contributed by atoms with Crippen molar-refractivity contribution in [2.45, 2.75) is 24.8 Å². The van der Waals surface area contributed by atoms with Gasteiger partial charge in [-0.15, -0.1) is 11.6 Å². The molecule has 0 saturated carbocycles. The fraction of sp³-hybridized carbons (Fsp3) is 0.250. The smallest absolute Gasteiger partial charge is 0.407 e. The average Bonchev–Trinajstić information content (AvgIpc) is 2.75. The highest BCUT2D eigenvalue weighted by Gasteiger charge is 2.38. The van der Waals surface area contributed by atoms with E-state index in [4.69, 9.17) is 25.8 Å².